The summed E-state index contributed by atoms with van der Waals surface area (Å²) in [4.78, 5) is 13.0. The first-order valence-electron chi connectivity index (χ1n) is 10.5. The van der Waals surface area contributed by atoms with Crippen LogP contribution in [-0.2, 0) is 10.9 Å². The van der Waals surface area contributed by atoms with Gasteiger partial charge in [-0.25, -0.2) is 4.98 Å². The zero-order chi connectivity index (χ0) is 22.7. The number of nitrogens with zero attached hydrogens (tertiary/aromatic N) is 4. The molecule has 34 heavy (non-hydrogen) atoms. The van der Waals surface area contributed by atoms with Crippen LogP contribution in [0.4, 0.5) is 18.2 Å². The van der Waals surface area contributed by atoms with E-state index < -0.39 is 11.2 Å². The lowest BCUT2D eigenvalue weighted by Crippen LogP contribution is -2.54. The Morgan fingerprint density at radius 2 is 2.09 bits per heavy atom. The molecule has 2 aromatic heterocycles. The number of alkyl halides is 3. The van der Waals surface area contributed by atoms with Gasteiger partial charge in [0, 0.05) is 70.2 Å². The molecule has 7 nitrogen and oxygen atoms in total. The third-order valence-electron chi connectivity index (χ3n) is 5.70. The van der Waals surface area contributed by atoms with E-state index in [0.29, 0.717) is 53.5 Å². The molecule has 0 amide bonds. The molecule has 0 radical (unpaired) electrons. The Labute approximate surface area is 212 Å². The van der Waals surface area contributed by atoms with Crippen LogP contribution in [0.3, 0.4) is 0 Å². The third-order valence-corrected chi connectivity index (χ3v) is 6.73. The normalized spacial score (nSPS) is 18.0. The number of anilines is 1. The third kappa shape index (κ3) is 6.13. The zero-order valence-corrected chi connectivity index (χ0v) is 21.0. The van der Waals surface area contributed by atoms with E-state index >= 15 is 0 Å². The van der Waals surface area contributed by atoms with Crippen molar-refractivity contribution in [3.05, 3.63) is 39.6 Å². The molecule has 1 unspecified atom stereocenters. The van der Waals surface area contributed by atoms with E-state index in [1.54, 1.807) is 25.6 Å². The number of halogens is 5. The minimum absolute atomic E-state index is 0. The molecule has 2 aromatic rings. The Kier molecular flexibility index (Phi) is 10.4. The quantitative estimate of drug-likeness (QED) is 0.556. The van der Waals surface area contributed by atoms with Crippen LogP contribution in [0.15, 0.2) is 18.3 Å². The first-order valence-corrected chi connectivity index (χ1v) is 11.3. The molecule has 1 atom stereocenters. The average molecular weight is 542 g/mol. The largest absolute Gasteiger partial charge is 0.443 e. The Morgan fingerprint density at radius 1 is 1.29 bits per heavy atom. The van der Waals surface area contributed by atoms with Crippen LogP contribution in [0.2, 0.25) is 0 Å². The maximum absolute atomic E-state index is 13.4. The molecule has 4 rings (SSSR count). The van der Waals surface area contributed by atoms with Gasteiger partial charge >= 0.3 is 6.18 Å². The van der Waals surface area contributed by atoms with Crippen LogP contribution in [0.25, 0.3) is 11.9 Å². The van der Waals surface area contributed by atoms with E-state index in [2.05, 4.69) is 25.1 Å². The van der Waals surface area contributed by atoms with Crippen LogP contribution in [0.5, 0.6) is 0 Å². The van der Waals surface area contributed by atoms with Crippen molar-refractivity contribution in [1.29, 1.82) is 0 Å². The molecule has 2 N–H and O–H groups in total. The number of aliphatic hydroxyl groups is 1. The monoisotopic (exact) mass is 541 g/mol. The van der Waals surface area contributed by atoms with Crippen LogP contribution in [0, 0.1) is 0 Å². The van der Waals surface area contributed by atoms with Crippen molar-refractivity contribution in [2.75, 3.05) is 51.8 Å². The number of hydrogen-bond acceptors (Lipinski definition) is 8. The summed E-state index contributed by atoms with van der Waals surface area (Å²) in [6, 6.07) is 3.83. The summed E-state index contributed by atoms with van der Waals surface area (Å²) in [5.74, 6) is 0. The highest BCUT2D eigenvalue weighted by molar-refractivity contribution is 7.16. The number of hydrogen-bond donors (Lipinski definition) is 2. The van der Waals surface area contributed by atoms with E-state index in [-0.39, 0.29) is 43.2 Å². The topological polar surface area (TPSA) is 73.8 Å². The molecule has 1 saturated heterocycles. The maximum Gasteiger partial charge on any atom is 0.443 e. The Morgan fingerprint density at radius 3 is 2.79 bits per heavy atom. The number of ether oxygens (including phenoxy) is 1. The number of aliphatic hydroxyl groups excluding tert-OH is 1. The number of aromatic nitrogens is 2. The highest BCUT2D eigenvalue weighted by Crippen LogP contribution is 2.40. The molecule has 2 aliphatic rings. The number of thiazole rings is 1. The predicted molar refractivity (Wildman–Crippen MR) is 131 cm³/mol. The van der Waals surface area contributed by atoms with E-state index in [1.165, 1.54) is 0 Å². The van der Waals surface area contributed by atoms with Gasteiger partial charge in [0.1, 0.15) is 10.7 Å². The molecule has 0 aliphatic carbocycles. The lowest BCUT2D eigenvalue weighted by atomic mass is 10.1. The van der Waals surface area contributed by atoms with Gasteiger partial charge in [-0.2, -0.15) is 13.2 Å². The van der Waals surface area contributed by atoms with Crippen molar-refractivity contribution in [3.63, 3.8) is 0 Å². The second-order valence-corrected chi connectivity index (χ2v) is 8.77. The van der Waals surface area contributed by atoms with Gasteiger partial charge in [0.05, 0.1) is 11.0 Å². The molecule has 1 fully saturated rings. The molecule has 13 heteroatoms. The van der Waals surface area contributed by atoms with Crippen molar-refractivity contribution < 1.29 is 23.0 Å². The maximum atomic E-state index is 13.4. The summed E-state index contributed by atoms with van der Waals surface area (Å²) in [5, 5.41) is 13.2. The molecule has 0 spiro atoms. The summed E-state index contributed by atoms with van der Waals surface area (Å²) in [5.41, 5.74) is 0.901. The van der Waals surface area contributed by atoms with Gasteiger partial charge in [-0.3, -0.25) is 9.88 Å². The molecular weight excluding hydrogens is 514 g/mol. The second kappa shape index (κ2) is 12.4. The van der Waals surface area contributed by atoms with Gasteiger partial charge in [0.25, 0.3) is 0 Å². The smallest absolute Gasteiger partial charge is 0.396 e. The molecular formula is C21H28Cl2F3N5O2S. The van der Waals surface area contributed by atoms with Crippen molar-refractivity contribution in [1.82, 2.24) is 19.8 Å². The second-order valence-electron chi connectivity index (χ2n) is 7.77. The molecule has 2 aliphatic heterocycles. The highest BCUT2D eigenvalue weighted by atomic mass is 35.5. The standard InChI is InChI=1S/C21H26F3N5O2S.2ClH/c1-31-11-5-15-13-29(9-8-28(15)7-3-10-30)18-16-14(4-2-6-25-16)12-26-19-17(18)27-20(32-19)21(22,23)24;;/h2,4,6,12,15,26,30H,3,5,7-11,13H2,1H3;2*1H. The Hall–Kier alpha value is -1.63. The number of rotatable bonds is 7. The summed E-state index contributed by atoms with van der Waals surface area (Å²) < 4.78 is 45.6. The van der Waals surface area contributed by atoms with E-state index in [0.717, 1.165) is 24.7 Å². The summed E-state index contributed by atoms with van der Waals surface area (Å²) >= 11 is 0.608. The molecule has 0 bridgehead atoms. The van der Waals surface area contributed by atoms with Gasteiger partial charge in [0.15, 0.2) is 0 Å². The average Bonchev–Trinajstić information content (AvgIpc) is 3.14. The highest BCUT2D eigenvalue weighted by Gasteiger charge is 2.38. The molecule has 4 heterocycles. The van der Waals surface area contributed by atoms with E-state index in [4.69, 9.17) is 4.74 Å². The fourth-order valence-corrected chi connectivity index (χ4v) is 4.98. The molecule has 190 valence electrons. The van der Waals surface area contributed by atoms with Crippen LogP contribution < -0.4 is 15.9 Å². The minimum Gasteiger partial charge on any atom is -0.396 e. The number of fused-ring (bicyclic) bond motifs is 2. The van der Waals surface area contributed by atoms with Crippen molar-refractivity contribution in [2.45, 2.75) is 25.1 Å². The van der Waals surface area contributed by atoms with Crippen molar-refractivity contribution >= 4 is 53.0 Å². The molecule has 0 saturated carbocycles. The van der Waals surface area contributed by atoms with Gasteiger partial charge in [0.2, 0.25) is 5.01 Å². The minimum atomic E-state index is -4.51. The van der Waals surface area contributed by atoms with Gasteiger partial charge in [-0.15, -0.1) is 24.8 Å². The fourth-order valence-electron chi connectivity index (χ4n) is 4.18. The SMILES string of the molecule is COCCC1CN(C2=c3ncccc3=CNc3sc(C(F)(F)F)nc32)CCN1CCCO.Cl.Cl. The lowest BCUT2D eigenvalue weighted by molar-refractivity contribution is -0.137. The zero-order valence-electron chi connectivity index (χ0n) is 18.5. The van der Waals surface area contributed by atoms with Crippen LogP contribution >= 0.6 is 36.2 Å². The first kappa shape index (κ1) is 28.6. The van der Waals surface area contributed by atoms with Crippen molar-refractivity contribution in [3.8, 4) is 0 Å². The number of piperazine rings is 1. The van der Waals surface area contributed by atoms with E-state index in [1.807, 2.05) is 6.07 Å². The van der Waals surface area contributed by atoms with Crippen LogP contribution in [-0.4, -0.2) is 77.4 Å². The van der Waals surface area contributed by atoms with Gasteiger partial charge in [-0.1, -0.05) is 11.3 Å². The summed E-state index contributed by atoms with van der Waals surface area (Å²) in [6.45, 7) is 3.42. The Bertz CT molecular complexity index is 1070. The number of pyridine rings is 1. The number of methoxy groups -OCH3 is 1. The molecule has 0 aromatic carbocycles. The van der Waals surface area contributed by atoms with E-state index in [9.17, 15) is 18.3 Å². The fraction of sp³-hybridized carbons (Fsp3) is 0.524. The van der Waals surface area contributed by atoms with Gasteiger partial charge < -0.3 is 20.1 Å². The summed E-state index contributed by atoms with van der Waals surface area (Å²) in [7, 11) is 1.65. The first-order chi connectivity index (χ1) is 15.4. The van der Waals surface area contributed by atoms with Crippen molar-refractivity contribution in [2.24, 2.45) is 0 Å². The predicted octanol–water partition coefficient (Wildman–Crippen LogP) is 2.13. The number of nitrogens with one attached hydrogen (secondary N) is 1. The summed E-state index contributed by atoms with van der Waals surface area (Å²) in [6.07, 6.45) is 0.277. The lowest BCUT2D eigenvalue weighted by Gasteiger charge is -2.43. The van der Waals surface area contributed by atoms with Gasteiger partial charge in [-0.05, 0) is 25.0 Å². The Balaban J connectivity index is 0.00000204. The van der Waals surface area contributed by atoms with Crippen LogP contribution in [0.1, 0.15) is 23.5 Å².